The van der Waals surface area contributed by atoms with Gasteiger partial charge in [0.05, 0.1) is 6.54 Å². The fourth-order valence-electron chi connectivity index (χ4n) is 1.77. The largest absolute Gasteiger partial charge is 0.325 e. The normalized spacial score (nSPS) is 16.3. The van der Waals surface area contributed by atoms with Crippen molar-refractivity contribution >= 4 is 35.0 Å². The first kappa shape index (κ1) is 13.7. The molecule has 5 heteroatoms. The van der Waals surface area contributed by atoms with Crippen molar-refractivity contribution in [3.8, 4) is 0 Å². The Bertz CT molecular complexity index is 435. The summed E-state index contributed by atoms with van der Waals surface area (Å²) in [4.78, 5) is 11.7. The van der Waals surface area contributed by atoms with Gasteiger partial charge >= 0.3 is 0 Å². The number of rotatable bonds is 6. The number of nitrogens with one attached hydrogen (secondary N) is 2. The Morgan fingerprint density at radius 1 is 1.50 bits per heavy atom. The average Bonchev–Trinajstić information content (AvgIpc) is 3.10. The van der Waals surface area contributed by atoms with Gasteiger partial charge in [-0.3, -0.25) is 4.79 Å². The second kappa shape index (κ2) is 5.95. The van der Waals surface area contributed by atoms with E-state index in [4.69, 9.17) is 11.6 Å². The number of anilines is 1. The van der Waals surface area contributed by atoms with Gasteiger partial charge in [0.15, 0.2) is 0 Å². The second-order valence-corrected chi connectivity index (χ2v) is 6.26. The number of carbonyl (C=O) groups is 1. The van der Waals surface area contributed by atoms with Crippen molar-refractivity contribution in [3.05, 3.63) is 29.3 Å². The summed E-state index contributed by atoms with van der Waals surface area (Å²) in [5.74, 6) is -0.0332. The summed E-state index contributed by atoms with van der Waals surface area (Å²) in [6.45, 7) is 1.24. The SMILES string of the molecule is CSC1(CNCC(=O)Nc2cccc(Cl)c2)CC1. The molecule has 1 fully saturated rings. The van der Waals surface area contributed by atoms with Crippen LogP contribution < -0.4 is 10.6 Å². The number of hydrogen-bond donors (Lipinski definition) is 2. The van der Waals surface area contributed by atoms with E-state index in [1.54, 1.807) is 12.1 Å². The van der Waals surface area contributed by atoms with Crippen molar-refractivity contribution in [1.82, 2.24) is 5.32 Å². The molecule has 0 atom stereocenters. The molecule has 2 N–H and O–H groups in total. The van der Waals surface area contributed by atoms with Gasteiger partial charge in [0.1, 0.15) is 0 Å². The zero-order chi connectivity index (χ0) is 13.0. The standard InChI is InChI=1S/C13H17ClN2OS/c1-18-13(5-6-13)9-15-8-12(17)16-11-4-2-3-10(14)7-11/h2-4,7,15H,5-6,8-9H2,1H3,(H,16,17). The molecule has 1 amide bonds. The maximum absolute atomic E-state index is 11.7. The van der Waals surface area contributed by atoms with Crippen LogP contribution in [0.25, 0.3) is 0 Å². The Labute approximate surface area is 117 Å². The van der Waals surface area contributed by atoms with E-state index < -0.39 is 0 Å². The Morgan fingerprint density at radius 3 is 2.89 bits per heavy atom. The molecule has 0 heterocycles. The highest BCUT2D eigenvalue weighted by Crippen LogP contribution is 2.46. The highest BCUT2D eigenvalue weighted by Gasteiger charge is 2.41. The summed E-state index contributed by atoms with van der Waals surface area (Å²) in [7, 11) is 0. The lowest BCUT2D eigenvalue weighted by Gasteiger charge is -2.13. The molecule has 3 nitrogen and oxygen atoms in total. The predicted molar refractivity (Wildman–Crippen MR) is 78.4 cm³/mol. The van der Waals surface area contributed by atoms with E-state index in [9.17, 15) is 4.79 Å². The molecule has 1 aliphatic carbocycles. The molecule has 0 aliphatic heterocycles. The van der Waals surface area contributed by atoms with Crippen LogP contribution in [0, 0.1) is 0 Å². The third-order valence-corrected chi connectivity index (χ3v) is 4.74. The summed E-state index contributed by atoms with van der Waals surface area (Å²) in [5.41, 5.74) is 0.736. The Kier molecular flexibility index (Phi) is 4.54. The summed E-state index contributed by atoms with van der Waals surface area (Å²) >= 11 is 7.73. The van der Waals surface area contributed by atoms with Crippen molar-refractivity contribution in [2.75, 3.05) is 24.7 Å². The van der Waals surface area contributed by atoms with E-state index in [0.29, 0.717) is 16.3 Å². The predicted octanol–water partition coefficient (Wildman–Crippen LogP) is 2.76. The van der Waals surface area contributed by atoms with Crippen LogP contribution in [0.5, 0.6) is 0 Å². The van der Waals surface area contributed by atoms with E-state index in [1.807, 2.05) is 23.9 Å². The topological polar surface area (TPSA) is 41.1 Å². The second-order valence-electron chi connectivity index (χ2n) is 4.55. The lowest BCUT2D eigenvalue weighted by molar-refractivity contribution is -0.115. The molecule has 1 aliphatic rings. The minimum absolute atomic E-state index is 0.0332. The molecule has 18 heavy (non-hydrogen) atoms. The lowest BCUT2D eigenvalue weighted by atomic mass is 10.3. The first-order chi connectivity index (χ1) is 8.63. The molecular weight excluding hydrogens is 268 g/mol. The summed E-state index contributed by atoms with van der Waals surface area (Å²) < 4.78 is 0.385. The van der Waals surface area contributed by atoms with Crippen LogP contribution in [0.4, 0.5) is 5.69 Å². The minimum Gasteiger partial charge on any atom is -0.325 e. The van der Waals surface area contributed by atoms with Gasteiger partial charge in [-0.25, -0.2) is 0 Å². The third kappa shape index (κ3) is 3.90. The van der Waals surface area contributed by atoms with E-state index >= 15 is 0 Å². The van der Waals surface area contributed by atoms with Crippen LogP contribution in [0.2, 0.25) is 5.02 Å². The Morgan fingerprint density at radius 2 is 2.28 bits per heavy atom. The minimum atomic E-state index is -0.0332. The highest BCUT2D eigenvalue weighted by atomic mass is 35.5. The number of hydrogen-bond acceptors (Lipinski definition) is 3. The van der Waals surface area contributed by atoms with Gasteiger partial charge in [0, 0.05) is 22.0 Å². The van der Waals surface area contributed by atoms with E-state index in [1.165, 1.54) is 12.8 Å². The van der Waals surface area contributed by atoms with Crippen molar-refractivity contribution in [2.45, 2.75) is 17.6 Å². The Balaban J connectivity index is 1.72. The van der Waals surface area contributed by atoms with Crippen LogP contribution in [0.15, 0.2) is 24.3 Å². The molecule has 1 aromatic carbocycles. The number of amides is 1. The van der Waals surface area contributed by atoms with E-state index in [0.717, 1.165) is 12.2 Å². The van der Waals surface area contributed by atoms with Crippen LogP contribution >= 0.6 is 23.4 Å². The highest BCUT2D eigenvalue weighted by molar-refractivity contribution is 8.00. The quantitative estimate of drug-likeness (QED) is 0.844. The number of carbonyl (C=O) groups excluding carboxylic acids is 1. The van der Waals surface area contributed by atoms with Crippen LogP contribution in [0.1, 0.15) is 12.8 Å². The summed E-state index contributed by atoms with van der Waals surface area (Å²) in [6.07, 6.45) is 4.62. The van der Waals surface area contributed by atoms with Crippen molar-refractivity contribution < 1.29 is 4.79 Å². The van der Waals surface area contributed by atoms with E-state index in [-0.39, 0.29) is 5.91 Å². The molecule has 0 spiro atoms. The molecule has 0 aromatic heterocycles. The molecule has 0 radical (unpaired) electrons. The zero-order valence-corrected chi connectivity index (χ0v) is 11.9. The molecule has 2 rings (SSSR count). The molecule has 1 saturated carbocycles. The number of halogens is 1. The van der Waals surface area contributed by atoms with Gasteiger partial charge in [-0.15, -0.1) is 0 Å². The fraction of sp³-hybridized carbons (Fsp3) is 0.462. The molecule has 98 valence electrons. The van der Waals surface area contributed by atoms with Crippen LogP contribution in [-0.4, -0.2) is 30.0 Å². The van der Waals surface area contributed by atoms with Gasteiger partial charge in [0.2, 0.25) is 5.91 Å². The molecule has 0 unspecified atom stereocenters. The maximum atomic E-state index is 11.7. The first-order valence-electron chi connectivity index (χ1n) is 5.95. The van der Waals surface area contributed by atoms with Gasteiger partial charge in [-0.05, 0) is 37.3 Å². The monoisotopic (exact) mass is 284 g/mol. The molecule has 0 bridgehead atoms. The van der Waals surface area contributed by atoms with Crippen LogP contribution in [-0.2, 0) is 4.79 Å². The van der Waals surface area contributed by atoms with Crippen molar-refractivity contribution in [2.24, 2.45) is 0 Å². The average molecular weight is 285 g/mol. The molecule has 0 saturated heterocycles. The number of benzene rings is 1. The number of thioether (sulfide) groups is 1. The maximum Gasteiger partial charge on any atom is 0.238 e. The Hall–Kier alpha value is -0.710. The first-order valence-corrected chi connectivity index (χ1v) is 7.55. The zero-order valence-electron chi connectivity index (χ0n) is 10.3. The van der Waals surface area contributed by atoms with Gasteiger partial charge < -0.3 is 10.6 Å². The van der Waals surface area contributed by atoms with Crippen molar-refractivity contribution in [3.63, 3.8) is 0 Å². The smallest absolute Gasteiger partial charge is 0.238 e. The van der Waals surface area contributed by atoms with Gasteiger partial charge in [0.25, 0.3) is 0 Å². The molecular formula is C13H17ClN2OS. The third-order valence-electron chi connectivity index (χ3n) is 3.08. The fourth-order valence-corrected chi connectivity index (χ4v) is 2.71. The van der Waals surface area contributed by atoms with E-state index in [2.05, 4.69) is 16.9 Å². The molecule has 1 aromatic rings. The van der Waals surface area contributed by atoms with Gasteiger partial charge in [-0.2, -0.15) is 11.8 Å². The lowest BCUT2D eigenvalue weighted by Crippen LogP contribution is -2.33. The van der Waals surface area contributed by atoms with Crippen molar-refractivity contribution in [1.29, 1.82) is 0 Å². The summed E-state index contributed by atoms with van der Waals surface area (Å²) in [5, 5.41) is 6.65. The summed E-state index contributed by atoms with van der Waals surface area (Å²) in [6, 6.07) is 7.17. The van der Waals surface area contributed by atoms with Crippen LogP contribution in [0.3, 0.4) is 0 Å². The van der Waals surface area contributed by atoms with Gasteiger partial charge in [-0.1, -0.05) is 17.7 Å².